The summed E-state index contributed by atoms with van der Waals surface area (Å²) in [6.07, 6.45) is 4.71. The first-order valence-electron chi connectivity index (χ1n) is 9.24. The number of fused-ring (bicyclic) bond motifs is 3. The molecular weight excluding hydrogens is 306 g/mol. The molecule has 0 spiro atoms. The monoisotopic (exact) mass is 331 g/mol. The van der Waals surface area contributed by atoms with Gasteiger partial charge in [-0.3, -0.25) is 9.69 Å². The van der Waals surface area contributed by atoms with Gasteiger partial charge in [-0.15, -0.1) is 6.58 Å². The molecule has 2 nitrogen and oxygen atoms in total. The minimum absolute atomic E-state index is 0.0627. The zero-order chi connectivity index (χ0) is 17.3. The minimum atomic E-state index is -0.191. The standard InChI is InChI=1S/C23H25NO/c1-2-13-23-14-16-24(17-15-23)21(22(23)25)20(18-9-5-3-6-10-18)19-11-7-4-8-12-19/h2-12,20-21H,1,13-17H2. The zero-order valence-electron chi connectivity index (χ0n) is 14.6. The molecule has 1 unspecified atom stereocenters. The first kappa shape index (κ1) is 16.3. The Balaban J connectivity index is 1.80. The average Bonchev–Trinajstić information content (AvgIpc) is 2.67. The fraction of sp³-hybridized carbons (Fsp3) is 0.348. The highest BCUT2D eigenvalue weighted by molar-refractivity contribution is 5.93. The van der Waals surface area contributed by atoms with Gasteiger partial charge in [-0.1, -0.05) is 66.7 Å². The van der Waals surface area contributed by atoms with Gasteiger partial charge in [-0.2, -0.15) is 0 Å². The maximum absolute atomic E-state index is 13.6. The normalized spacial score (nSPS) is 28.3. The van der Waals surface area contributed by atoms with Crippen LogP contribution in [0, 0.1) is 5.41 Å². The molecule has 0 aliphatic carbocycles. The number of ketones is 1. The van der Waals surface area contributed by atoms with Crippen molar-refractivity contribution >= 4 is 5.78 Å². The van der Waals surface area contributed by atoms with Crippen LogP contribution in [0.15, 0.2) is 73.3 Å². The maximum Gasteiger partial charge on any atom is 0.157 e. The molecule has 2 aromatic rings. The van der Waals surface area contributed by atoms with Crippen LogP contribution in [-0.4, -0.2) is 29.8 Å². The summed E-state index contributed by atoms with van der Waals surface area (Å²) in [7, 11) is 0. The van der Waals surface area contributed by atoms with Crippen molar-refractivity contribution in [1.82, 2.24) is 4.90 Å². The van der Waals surface area contributed by atoms with E-state index in [2.05, 4.69) is 60.0 Å². The lowest BCUT2D eigenvalue weighted by atomic mass is 9.62. The van der Waals surface area contributed by atoms with Crippen molar-refractivity contribution in [1.29, 1.82) is 0 Å². The van der Waals surface area contributed by atoms with E-state index in [4.69, 9.17) is 0 Å². The Kier molecular flexibility index (Phi) is 4.30. The second kappa shape index (κ2) is 6.61. The fourth-order valence-corrected chi connectivity index (χ4v) is 4.78. The first-order chi connectivity index (χ1) is 12.2. The van der Waals surface area contributed by atoms with E-state index >= 15 is 0 Å². The number of rotatable bonds is 5. The Labute approximate surface area is 150 Å². The van der Waals surface area contributed by atoms with E-state index in [-0.39, 0.29) is 17.4 Å². The number of benzene rings is 2. The molecule has 1 atom stereocenters. The Morgan fingerprint density at radius 1 is 1.00 bits per heavy atom. The number of hydrogen-bond acceptors (Lipinski definition) is 2. The smallest absolute Gasteiger partial charge is 0.157 e. The van der Waals surface area contributed by atoms with E-state index in [1.807, 2.05) is 18.2 Å². The van der Waals surface area contributed by atoms with E-state index in [9.17, 15) is 4.79 Å². The summed E-state index contributed by atoms with van der Waals surface area (Å²) < 4.78 is 0. The van der Waals surface area contributed by atoms with Crippen LogP contribution in [-0.2, 0) is 4.79 Å². The molecule has 5 rings (SSSR count). The molecular formula is C23H25NO. The predicted octanol–water partition coefficient (Wildman–Crippen LogP) is 4.43. The number of hydrogen-bond donors (Lipinski definition) is 0. The molecule has 3 heterocycles. The van der Waals surface area contributed by atoms with Gasteiger partial charge in [0.2, 0.25) is 0 Å². The zero-order valence-corrected chi connectivity index (χ0v) is 14.6. The molecule has 0 saturated carbocycles. The van der Waals surface area contributed by atoms with Gasteiger partial charge in [-0.25, -0.2) is 0 Å². The lowest BCUT2D eigenvalue weighted by Crippen LogP contribution is -2.62. The van der Waals surface area contributed by atoms with Gasteiger partial charge in [0.1, 0.15) is 0 Å². The van der Waals surface area contributed by atoms with E-state index in [0.29, 0.717) is 5.78 Å². The Hall–Kier alpha value is -2.19. The number of carbonyl (C=O) groups is 1. The van der Waals surface area contributed by atoms with Crippen molar-refractivity contribution in [2.24, 2.45) is 5.41 Å². The molecule has 0 radical (unpaired) electrons. The van der Waals surface area contributed by atoms with Crippen molar-refractivity contribution in [3.8, 4) is 0 Å². The van der Waals surface area contributed by atoms with E-state index < -0.39 is 0 Å². The van der Waals surface area contributed by atoms with Crippen LogP contribution in [0.2, 0.25) is 0 Å². The van der Waals surface area contributed by atoms with Gasteiger partial charge < -0.3 is 0 Å². The van der Waals surface area contributed by atoms with Gasteiger partial charge in [-0.05, 0) is 43.5 Å². The van der Waals surface area contributed by atoms with E-state index in [1.54, 1.807) is 0 Å². The third-order valence-corrected chi connectivity index (χ3v) is 6.11. The molecule has 3 aliphatic heterocycles. The van der Waals surface area contributed by atoms with Crippen molar-refractivity contribution in [2.75, 3.05) is 13.1 Å². The van der Waals surface area contributed by atoms with Crippen molar-refractivity contribution in [3.63, 3.8) is 0 Å². The van der Waals surface area contributed by atoms with Crippen LogP contribution >= 0.6 is 0 Å². The average molecular weight is 331 g/mol. The molecule has 3 fully saturated rings. The highest BCUT2D eigenvalue weighted by Crippen LogP contribution is 2.48. The molecule has 128 valence electrons. The van der Waals surface area contributed by atoms with Gasteiger partial charge in [0.15, 0.2) is 5.78 Å². The maximum atomic E-state index is 13.6. The third-order valence-electron chi connectivity index (χ3n) is 6.11. The number of carbonyl (C=O) groups excluding carboxylic acids is 1. The molecule has 0 aromatic heterocycles. The van der Waals surface area contributed by atoms with Crippen molar-refractivity contribution in [2.45, 2.75) is 31.2 Å². The van der Waals surface area contributed by atoms with Crippen molar-refractivity contribution in [3.05, 3.63) is 84.4 Å². The van der Waals surface area contributed by atoms with Gasteiger partial charge in [0.25, 0.3) is 0 Å². The molecule has 2 aromatic carbocycles. The van der Waals surface area contributed by atoms with Gasteiger partial charge >= 0.3 is 0 Å². The second-order valence-corrected chi connectivity index (χ2v) is 7.42. The number of Topliss-reactive ketones (excluding diaryl/α,β-unsaturated/α-hetero) is 1. The summed E-state index contributed by atoms with van der Waals surface area (Å²) in [5.41, 5.74) is 2.27. The number of piperidine rings is 3. The third kappa shape index (κ3) is 2.75. The lowest BCUT2D eigenvalue weighted by Gasteiger charge is -2.53. The van der Waals surface area contributed by atoms with Crippen LogP contribution in [0.1, 0.15) is 36.3 Å². The molecule has 3 aliphatic rings. The fourth-order valence-electron chi connectivity index (χ4n) is 4.78. The van der Waals surface area contributed by atoms with Crippen LogP contribution in [0.25, 0.3) is 0 Å². The lowest BCUT2D eigenvalue weighted by molar-refractivity contribution is -0.148. The first-order valence-corrected chi connectivity index (χ1v) is 9.24. The number of allylic oxidation sites excluding steroid dienone is 1. The second-order valence-electron chi connectivity index (χ2n) is 7.42. The van der Waals surface area contributed by atoms with Crippen LogP contribution in [0.3, 0.4) is 0 Å². The minimum Gasteiger partial charge on any atom is -0.297 e. The number of nitrogens with zero attached hydrogens (tertiary/aromatic N) is 1. The van der Waals surface area contributed by atoms with Gasteiger partial charge in [0.05, 0.1) is 6.04 Å². The predicted molar refractivity (Wildman–Crippen MR) is 102 cm³/mol. The largest absolute Gasteiger partial charge is 0.297 e. The Bertz CT molecular complexity index is 705. The molecule has 0 N–H and O–H groups in total. The highest BCUT2D eigenvalue weighted by atomic mass is 16.1. The summed E-state index contributed by atoms with van der Waals surface area (Å²) in [6, 6.07) is 21.0. The Morgan fingerprint density at radius 2 is 1.52 bits per heavy atom. The molecule has 0 amide bonds. The SMILES string of the molecule is C=CCC12CCN(CC1)C(C(c1ccccc1)c1ccccc1)C2=O. The van der Waals surface area contributed by atoms with Crippen LogP contribution < -0.4 is 0 Å². The van der Waals surface area contributed by atoms with Crippen LogP contribution in [0.4, 0.5) is 0 Å². The van der Waals surface area contributed by atoms with Crippen molar-refractivity contribution < 1.29 is 4.79 Å². The van der Waals surface area contributed by atoms with Crippen LogP contribution in [0.5, 0.6) is 0 Å². The Morgan fingerprint density at radius 3 is 2.00 bits per heavy atom. The summed E-state index contributed by atoms with van der Waals surface area (Å²) in [4.78, 5) is 16.0. The summed E-state index contributed by atoms with van der Waals surface area (Å²) >= 11 is 0. The molecule has 2 heteroatoms. The van der Waals surface area contributed by atoms with E-state index in [0.717, 1.165) is 32.4 Å². The topological polar surface area (TPSA) is 20.3 Å². The van der Waals surface area contributed by atoms with E-state index in [1.165, 1.54) is 11.1 Å². The molecule has 3 saturated heterocycles. The summed E-state index contributed by atoms with van der Waals surface area (Å²) in [5, 5.41) is 0. The highest BCUT2D eigenvalue weighted by Gasteiger charge is 2.53. The molecule has 25 heavy (non-hydrogen) atoms. The quantitative estimate of drug-likeness (QED) is 0.756. The summed E-state index contributed by atoms with van der Waals surface area (Å²) in [6.45, 7) is 5.95. The van der Waals surface area contributed by atoms with Gasteiger partial charge in [0, 0.05) is 11.3 Å². The summed E-state index contributed by atoms with van der Waals surface area (Å²) in [5.74, 6) is 0.516. The molecule has 2 bridgehead atoms.